The smallest absolute Gasteiger partial charge is 0.422 e. The Morgan fingerprint density at radius 1 is 0.654 bits per heavy atom. The molecule has 5 rings (SSSR count). The van der Waals surface area contributed by atoms with Gasteiger partial charge < -0.3 is 39.4 Å². The van der Waals surface area contributed by atoms with Crippen LogP contribution in [0.5, 0.6) is 46.1 Å². The number of fused-ring (bicyclic) bond motifs is 2. The van der Waals surface area contributed by atoms with Gasteiger partial charge >= 0.3 is 5.88 Å². The average molecular weight is 360 g/mol. The molecule has 0 amide bonds. The molecular weight excluding hydrogens is 346 g/mol. The summed E-state index contributed by atoms with van der Waals surface area (Å²) < 4.78 is 23.5. The second-order valence-electron chi connectivity index (χ2n) is 5.96. The molecule has 0 unspecified atom stereocenters. The van der Waals surface area contributed by atoms with Crippen LogP contribution >= 0.6 is 0 Å². The topological polar surface area (TPSA) is 122 Å². The SMILES string of the molecule is C=C1c2c3c(O)c4c(O)c2-c2c(O)c(c(O)c([n+]21)OCCO3)OCCO4. The van der Waals surface area contributed by atoms with Gasteiger partial charge in [-0.2, -0.15) is 0 Å². The Morgan fingerprint density at radius 3 is 1.92 bits per heavy atom. The summed E-state index contributed by atoms with van der Waals surface area (Å²) in [7, 11) is 0. The summed E-state index contributed by atoms with van der Waals surface area (Å²) in [5.74, 6) is -1.88. The molecule has 0 fully saturated rings. The summed E-state index contributed by atoms with van der Waals surface area (Å²) in [6.45, 7) is 3.95. The normalized spacial score (nSPS) is 16.2. The number of phenols is 2. The minimum Gasteiger partial charge on any atom is -0.504 e. The van der Waals surface area contributed by atoms with Gasteiger partial charge in [-0.15, -0.1) is 4.57 Å². The maximum absolute atomic E-state index is 10.7. The fourth-order valence-corrected chi connectivity index (χ4v) is 3.53. The number of nitrogens with zero attached hydrogens (tertiary/aromatic N) is 1. The average Bonchev–Trinajstić information content (AvgIpc) is 2.94. The number of hydrogen-bond donors (Lipinski definition) is 4. The molecule has 3 aliphatic heterocycles. The first-order valence-electron chi connectivity index (χ1n) is 7.89. The minimum atomic E-state index is -0.409. The minimum absolute atomic E-state index is 0.00705. The van der Waals surface area contributed by atoms with E-state index in [0.717, 1.165) is 0 Å². The van der Waals surface area contributed by atoms with Crippen LogP contribution in [0.4, 0.5) is 0 Å². The molecule has 0 radical (unpaired) electrons. The van der Waals surface area contributed by atoms with Crippen LogP contribution in [0, 0.1) is 0 Å². The highest BCUT2D eigenvalue weighted by Gasteiger charge is 2.49. The summed E-state index contributed by atoms with van der Waals surface area (Å²) in [6.07, 6.45) is 0. The lowest BCUT2D eigenvalue weighted by atomic mass is 10.0. The molecule has 9 heteroatoms. The molecule has 6 bridgehead atoms. The fourth-order valence-electron chi connectivity index (χ4n) is 3.53. The molecule has 0 saturated heterocycles. The zero-order valence-electron chi connectivity index (χ0n) is 13.4. The summed E-state index contributed by atoms with van der Waals surface area (Å²) in [6, 6.07) is 0. The van der Waals surface area contributed by atoms with E-state index in [4.69, 9.17) is 18.9 Å². The fraction of sp³-hybridized carbons (Fsp3) is 0.235. The molecule has 3 aliphatic rings. The Balaban J connectivity index is 2.04. The Labute approximate surface area is 146 Å². The number of aromatic hydroxyl groups is 4. The zero-order chi connectivity index (χ0) is 18.2. The summed E-state index contributed by atoms with van der Waals surface area (Å²) in [4.78, 5) is 0. The van der Waals surface area contributed by atoms with E-state index in [1.807, 2.05) is 0 Å². The Morgan fingerprint density at radius 2 is 1.23 bits per heavy atom. The van der Waals surface area contributed by atoms with Crippen molar-refractivity contribution in [2.75, 3.05) is 26.4 Å². The van der Waals surface area contributed by atoms with Crippen LogP contribution in [0.1, 0.15) is 5.56 Å². The Kier molecular flexibility index (Phi) is 2.72. The van der Waals surface area contributed by atoms with Gasteiger partial charge in [0.2, 0.25) is 28.7 Å². The lowest BCUT2D eigenvalue weighted by molar-refractivity contribution is -0.572. The highest BCUT2D eigenvalue weighted by Crippen LogP contribution is 2.60. The molecule has 4 heterocycles. The van der Waals surface area contributed by atoms with Gasteiger partial charge in [0.15, 0.2) is 11.5 Å². The number of phenolic OH excluding ortho intramolecular Hbond substituents is 2. The van der Waals surface area contributed by atoms with E-state index in [2.05, 4.69) is 6.58 Å². The van der Waals surface area contributed by atoms with Gasteiger partial charge in [-0.3, -0.25) is 0 Å². The van der Waals surface area contributed by atoms with Crippen molar-refractivity contribution in [3.05, 3.63) is 12.1 Å². The summed E-state index contributed by atoms with van der Waals surface area (Å²) in [5.41, 5.74) is 0.763. The van der Waals surface area contributed by atoms with Gasteiger partial charge in [-0.25, -0.2) is 0 Å². The van der Waals surface area contributed by atoms with Crippen LogP contribution in [-0.4, -0.2) is 46.9 Å². The quantitative estimate of drug-likeness (QED) is 0.435. The molecule has 0 atom stereocenters. The van der Waals surface area contributed by atoms with Gasteiger partial charge in [0.1, 0.15) is 37.6 Å². The van der Waals surface area contributed by atoms with E-state index < -0.39 is 11.5 Å². The van der Waals surface area contributed by atoms with Crippen molar-refractivity contribution in [2.24, 2.45) is 0 Å². The first-order valence-corrected chi connectivity index (χ1v) is 7.89. The third kappa shape index (κ3) is 1.57. The standard InChI is InChI=1S/C17H13NO8/c1-6-7-8-9-11(20)16-13(22)17(18(6)9)26-5-4-23-14(7)12(21)15(10(8)19)24-2-3-25-16/h1-5H2,(H3,19,20,21,22)/p+1. The van der Waals surface area contributed by atoms with Crippen LogP contribution in [-0.2, 0) is 0 Å². The van der Waals surface area contributed by atoms with Gasteiger partial charge in [0.25, 0.3) is 11.4 Å². The summed E-state index contributed by atoms with van der Waals surface area (Å²) in [5, 5.41) is 42.6. The van der Waals surface area contributed by atoms with E-state index in [1.165, 1.54) is 4.57 Å². The number of aromatic nitrogens is 1. The van der Waals surface area contributed by atoms with Gasteiger partial charge in [0.05, 0.1) is 0 Å². The van der Waals surface area contributed by atoms with Crippen LogP contribution < -0.4 is 23.5 Å². The van der Waals surface area contributed by atoms with E-state index in [0.29, 0.717) is 0 Å². The van der Waals surface area contributed by atoms with Gasteiger partial charge in [0, 0.05) is 0 Å². The lowest BCUT2D eigenvalue weighted by Crippen LogP contribution is -2.34. The highest BCUT2D eigenvalue weighted by molar-refractivity contribution is 5.95. The van der Waals surface area contributed by atoms with E-state index >= 15 is 0 Å². The number of benzene rings is 1. The van der Waals surface area contributed by atoms with Crippen molar-refractivity contribution >= 4 is 5.70 Å². The van der Waals surface area contributed by atoms with Gasteiger partial charge in [-0.1, -0.05) is 0 Å². The molecular formula is C17H14NO8+. The number of rotatable bonds is 0. The third-order valence-electron chi connectivity index (χ3n) is 4.58. The highest BCUT2D eigenvalue weighted by atomic mass is 16.6. The molecule has 0 spiro atoms. The monoisotopic (exact) mass is 360 g/mol. The van der Waals surface area contributed by atoms with Crippen molar-refractivity contribution in [1.82, 2.24) is 0 Å². The van der Waals surface area contributed by atoms with Crippen molar-refractivity contribution in [3.8, 4) is 57.4 Å². The lowest BCUT2D eigenvalue weighted by Gasteiger charge is -2.19. The van der Waals surface area contributed by atoms with Crippen molar-refractivity contribution in [3.63, 3.8) is 0 Å². The molecule has 9 nitrogen and oxygen atoms in total. The number of hydrogen-bond acceptors (Lipinski definition) is 8. The van der Waals surface area contributed by atoms with E-state index in [-0.39, 0.29) is 83.6 Å². The summed E-state index contributed by atoms with van der Waals surface area (Å²) >= 11 is 0. The second-order valence-corrected chi connectivity index (χ2v) is 5.96. The molecule has 1 aromatic carbocycles. The maximum Gasteiger partial charge on any atom is 0.422 e. The second kappa shape index (κ2) is 4.78. The molecule has 4 N–H and O–H groups in total. The molecule has 1 aromatic heterocycles. The maximum atomic E-state index is 10.7. The van der Waals surface area contributed by atoms with Crippen LogP contribution in [0.15, 0.2) is 6.58 Å². The molecule has 26 heavy (non-hydrogen) atoms. The van der Waals surface area contributed by atoms with E-state index in [1.54, 1.807) is 0 Å². The molecule has 0 saturated carbocycles. The zero-order valence-corrected chi connectivity index (χ0v) is 13.4. The Bertz CT molecular complexity index is 934. The molecule has 2 aromatic rings. The number of pyridine rings is 1. The van der Waals surface area contributed by atoms with Crippen molar-refractivity contribution in [1.29, 1.82) is 0 Å². The first kappa shape index (κ1) is 14.8. The van der Waals surface area contributed by atoms with Crippen molar-refractivity contribution < 1.29 is 43.9 Å². The van der Waals surface area contributed by atoms with Gasteiger partial charge in [-0.05, 0) is 6.58 Å². The predicted molar refractivity (Wildman–Crippen MR) is 85.1 cm³/mol. The van der Waals surface area contributed by atoms with Crippen LogP contribution in [0.3, 0.4) is 0 Å². The van der Waals surface area contributed by atoms with E-state index in [9.17, 15) is 20.4 Å². The largest absolute Gasteiger partial charge is 0.504 e. The molecule has 134 valence electrons. The van der Waals surface area contributed by atoms with Crippen molar-refractivity contribution in [2.45, 2.75) is 0 Å². The van der Waals surface area contributed by atoms with Crippen LogP contribution in [0.2, 0.25) is 0 Å². The Hall–Kier alpha value is -3.49. The first-order chi connectivity index (χ1) is 12.5. The number of ether oxygens (including phenoxy) is 4. The predicted octanol–water partition coefficient (Wildman–Crippen LogP) is 0.838. The molecule has 0 aliphatic carbocycles. The third-order valence-corrected chi connectivity index (χ3v) is 4.58. The van der Waals surface area contributed by atoms with Crippen LogP contribution in [0.25, 0.3) is 17.0 Å².